The number of hydrogen-bond donors (Lipinski definition) is 3. The molecule has 4 aromatic rings. The molecule has 0 bridgehead atoms. The Morgan fingerprint density at radius 2 is 0.733 bits per heavy atom. The van der Waals surface area contributed by atoms with Gasteiger partial charge in [-0.25, -0.2) is 4.79 Å². The van der Waals surface area contributed by atoms with Crippen LogP contribution in [0.2, 0.25) is 0 Å². The van der Waals surface area contributed by atoms with Crippen LogP contribution in [-0.2, 0) is 40.0 Å². The lowest BCUT2D eigenvalue weighted by atomic mass is 9.91. The van der Waals surface area contributed by atoms with Gasteiger partial charge in [0.15, 0.2) is 0 Å². The standard InChI is InChI=1S/C35H51N3O3.C30H43N3O/c1-35(2,3)41-34(40)38-26-22-32(23-27-38)36-31-20-24-37(25-21-31)33(39)30(18-10-16-28-12-6-4-7-13-28)19-11-17-29-14-8-5-9-15-29;34-30(33-23-19-29(20-24-33)32-28-17-21-31-22-18-28)27(15-7-13-25-9-3-1-4-10-25)16-8-14-26-11-5-2-6-12-26/h4-9,12-15,30-32,36H,10-11,16-27H2,1-3H3;1-6,9-12,27-29,31-32H,7-8,13-24H2. The summed E-state index contributed by atoms with van der Waals surface area (Å²) in [6.07, 6.45) is 20.7. The van der Waals surface area contributed by atoms with Gasteiger partial charge in [-0.1, -0.05) is 121 Å². The molecule has 0 radical (unpaired) electrons. The SMILES string of the molecule is CC(C)(C)OC(=O)N1CCC(NC2CCN(C(=O)C(CCCc3ccccc3)CCCc3ccccc3)CC2)CC1.O=C(C(CCCc1ccccc1)CCCc1ccccc1)N1CCC(NC2CCNCC2)CC1. The van der Waals surface area contributed by atoms with E-state index in [-0.39, 0.29) is 17.9 Å². The van der Waals surface area contributed by atoms with E-state index in [1.807, 2.05) is 25.7 Å². The third-order valence-electron chi connectivity index (χ3n) is 16.2. The van der Waals surface area contributed by atoms with Crippen LogP contribution in [0, 0.1) is 11.8 Å². The van der Waals surface area contributed by atoms with Crippen LogP contribution in [0.25, 0.3) is 0 Å². The Morgan fingerprint density at radius 3 is 1.03 bits per heavy atom. The maximum atomic E-state index is 13.7. The van der Waals surface area contributed by atoms with E-state index in [2.05, 4.69) is 147 Å². The van der Waals surface area contributed by atoms with Crippen LogP contribution in [0.3, 0.4) is 0 Å². The van der Waals surface area contributed by atoms with Crippen molar-refractivity contribution in [2.24, 2.45) is 11.8 Å². The molecular formula is C65H94N6O4. The molecule has 10 heteroatoms. The Hall–Kier alpha value is -5.03. The molecule has 75 heavy (non-hydrogen) atoms. The molecule has 10 nitrogen and oxygen atoms in total. The predicted molar refractivity (Wildman–Crippen MR) is 307 cm³/mol. The summed E-state index contributed by atoms with van der Waals surface area (Å²) in [5.41, 5.74) is 5.00. The molecule has 4 aromatic carbocycles. The summed E-state index contributed by atoms with van der Waals surface area (Å²) in [4.78, 5) is 45.8. The van der Waals surface area contributed by atoms with Crippen molar-refractivity contribution in [1.82, 2.24) is 30.7 Å². The zero-order valence-electron chi connectivity index (χ0n) is 46.3. The first-order chi connectivity index (χ1) is 36.5. The van der Waals surface area contributed by atoms with Gasteiger partial charge in [-0.05, 0) is 185 Å². The van der Waals surface area contributed by atoms with Gasteiger partial charge in [0, 0.05) is 75.3 Å². The Labute approximate surface area is 452 Å². The van der Waals surface area contributed by atoms with Gasteiger partial charge < -0.3 is 35.4 Å². The minimum atomic E-state index is -0.458. The number of aryl methyl sites for hydroxylation is 4. The number of likely N-dealkylation sites (tertiary alicyclic amines) is 3. The topological polar surface area (TPSA) is 106 Å². The molecule has 4 aliphatic heterocycles. The van der Waals surface area contributed by atoms with Crippen LogP contribution < -0.4 is 16.0 Å². The van der Waals surface area contributed by atoms with Gasteiger partial charge in [0.25, 0.3) is 0 Å². The van der Waals surface area contributed by atoms with Gasteiger partial charge in [0.2, 0.25) is 11.8 Å². The molecule has 4 aliphatic rings. The summed E-state index contributed by atoms with van der Waals surface area (Å²) in [7, 11) is 0. The number of nitrogens with one attached hydrogen (secondary N) is 3. The second-order valence-electron chi connectivity index (χ2n) is 23.2. The summed E-state index contributed by atoms with van der Waals surface area (Å²) in [5, 5.41) is 11.2. The molecule has 8 rings (SSSR count). The van der Waals surface area contributed by atoms with Gasteiger partial charge in [-0.2, -0.15) is 0 Å². The van der Waals surface area contributed by atoms with E-state index in [4.69, 9.17) is 4.74 Å². The molecule has 408 valence electrons. The molecule has 0 saturated carbocycles. The number of ether oxygens (including phenoxy) is 1. The monoisotopic (exact) mass is 1020 g/mol. The Kier molecular flexibility index (Phi) is 24.0. The van der Waals surface area contributed by atoms with E-state index in [0.29, 0.717) is 36.0 Å². The zero-order valence-corrected chi connectivity index (χ0v) is 46.3. The second-order valence-corrected chi connectivity index (χ2v) is 23.2. The molecule has 0 aliphatic carbocycles. The van der Waals surface area contributed by atoms with Gasteiger partial charge in [0.1, 0.15) is 5.60 Å². The summed E-state index contributed by atoms with van der Waals surface area (Å²) < 4.78 is 5.54. The first-order valence-corrected chi connectivity index (χ1v) is 29.5. The number of hydrogen-bond acceptors (Lipinski definition) is 7. The third kappa shape index (κ3) is 20.8. The Balaban J connectivity index is 0.000000222. The average molecular weight is 1020 g/mol. The molecule has 0 spiro atoms. The highest BCUT2D eigenvalue weighted by molar-refractivity contribution is 5.79. The fraction of sp³-hybridized carbons (Fsp3) is 0.585. The lowest BCUT2D eigenvalue weighted by Gasteiger charge is -2.39. The van der Waals surface area contributed by atoms with Crippen LogP contribution in [0.15, 0.2) is 121 Å². The van der Waals surface area contributed by atoms with Crippen molar-refractivity contribution in [2.45, 2.75) is 179 Å². The number of rotatable bonds is 22. The van der Waals surface area contributed by atoms with Gasteiger partial charge in [0.05, 0.1) is 0 Å². The maximum absolute atomic E-state index is 13.7. The van der Waals surface area contributed by atoms with Gasteiger partial charge >= 0.3 is 6.09 Å². The second kappa shape index (κ2) is 31.3. The summed E-state index contributed by atoms with van der Waals surface area (Å²) in [6.45, 7) is 12.9. The summed E-state index contributed by atoms with van der Waals surface area (Å²) in [5.74, 6) is 1.02. The summed E-state index contributed by atoms with van der Waals surface area (Å²) >= 11 is 0. The van der Waals surface area contributed by atoms with Gasteiger partial charge in [-0.15, -0.1) is 0 Å². The van der Waals surface area contributed by atoms with Crippen molar-refractivity contribution in [2.75, 3.05) is 52.4 Å². The third-order valence-corrected chi connectivity index (χ3v) is 16.2. The normalized spacial score (nSPS) is 17.5. The van der Waals surface area contributed by atoms with E-state index in [1.165, 1.54) is 35.1 Å². The Morgan fingerprint density at radius 1 is 0.453 bits per heavy atom. The van der Waals surface area contributed by atoms with Gasteiger partial charge in [-0.3, -0.25) is 9.59 Å². The Bertz CT molecular complexity index is 2100. The number of carbonyl (C=O) groups excluding carboxylic acids is 3. The highest BCUT2D eigenvalue weighted by atomic mass is 16.6. The van der Waals surface area contributed by atoms with Crippen molar-refractivity contribution in [3.8, 4) is 0 Å². The van der Waals surface area contributed by atoms with Crippen LogP contribution >= 0.6 is 0 Å². The largest absolute Gasteiger partial charge is 0.444 e. The van der Waals surface area contributed by atoms with E-state index in [9.17, 15) is 14.4 Å². The molecule has 0 atom stereocenters. The molecular weight excluding hydrogens is 929 g/mol. The molecule has 0 aromatic heterocycles. The van der Waals surface area contributed by atoms with Crippen LogP contribution in [-0.4, -0.2) is 115 Å². The predicted octanol–water partition coefficient (Wildman–Crippen LogP) is 11.6. The van der Waals surface area contributed by atoms with Crippen LogP contribution in [0.4, 0.5) is 4.79 Å². The van der Waals surface area contributed by atoms with Crippen molar-refractivity contribution >= 4 is 17.9 Å². The first kappa shape index (κ1) is 57.7. The number of nitrogens with zero attached hydrogens (tertiary/aromatic N) is 3. The molecule has 0 unspecified atom stereocenters. The molecule has 4 heterocycles. The molecule has 4 saturated heterocycles. The quantitative estimate of drug-likeness (QED) is 0.0720. The number of benzene rings is 4. The van der Waals surface area contributed by atoms with E-state index < -0.39 is 5.60 Å². The smallest absolute Gasteiger partial charge is 0.410 e. The van der Waals surface area contributed by atoms with Crippen molar-refractivity contribution in [1.29, 1.82) is 0 Å². The highest BCUT2D eigenvalue weighted by Gasteiger charge is 2.32. The number of amides is 3. The van der Waals surface area contributed by atoms with Crippen molar-refractivity contribution in [3.05, 3.63) is 144 Å². The average Bonchev–Trinajstić information content (AvgIpc) is 3.43. The molecule has 3 N–H and O–H groups in total. The first-order valence-electron chi connectivity index (χ1n) is 29.5. The lowest BCUT2D eigenvalue weighted by Crippen LogP contribution is -2.52. The fourth-order valence-electron chi connectivity index (χ4n) is 11.8. The van der Waals surface area contributed by atoms with E-state index in [1.54, 1.807) is 0 Å². The van der Waals surface area contributed by atoms with Crippen LogP contribution in [0.5, 0.6) is 0 Å². The summed E-state index contributed by atoms with van der Waals surface area (Å²) in [6, 6.07) is 44.7. The van der Waals surface area contributed by atoms with Crippen LogP contribution in [0.1, 0.15) is 146 Å². The molecule has 4 fully saturated rings. The van der Waals surface area contributed by atoms with Crippen molar-refractivity contribution in [3.63, 3.8) is 0 Å². The number of carbonyl (C=O) groups is 3. The number of piperidine rings is 4. The minimum absolute atomic E-state index is 0.101. The minimum Gasteiger partial charge on any atom is -0.444 e. The zero-order chi connectivity index (χ0) is 52.5. The lowest BCUT2D eigenvalue weighted by molar-refractivity contribution is -0.138. The maximum Gasteiger partial charge on any atom is 0.410 e. The fourth-order valence-corrected chi connectivity index (χ4v) is 11.8. The highest BCUT2D eigenvalue weighted by Crippen LogP contribution is 2.26. The molecule has 3 amide bonds. The van der Waals surface area contributed by atoms with Crippen molar-refractivity contribution < 1.29 is 19.1 Å². The van der Waals surface area contributed by atoms with E-state index in [0.717, 1.165) is 168 Å². The van der Waals surface area contributed by atoms with E-state index >= 15 is 0 Å².